The van der Waals surface area contributed by atoms with Gasteiger partial charge in [-0.25, -0.2) is 18.5 Å². The minimum absolute atomic E-state index is 0.145. The third-order valence-corrected chi connectivity index (χ3v) is 2.31. The zero-order chi connectivity index (χ0) is 10.1. The van der Waals surface area contributed by atoms with E-state index >= 15 is 0 Å². The highest BCUT2D eigenvalue weighted by Gasteiger charge is 2.07. The van der Waals surface area contributed by atoms with Gasteiger partial charge in [0.15, 0.2) is 0 Å². The standard InChI is InChI=1S/C6H6Cl2N2O2S/c7-5-1-4(2-6(8)10-5)3-13(9,11)12/h1-2H,3H2,(H2,9,11,12). The number of nitrogens with two attached hydrogens (primary N) is 1. The molecular formula is C6H6Cl2N2O2S. The Morgan fingerprint density at radius 2 is 1.77 bits per heavy atom. The Morgan fingerprint density at radius 1 is 1.31 bits per heavy atom. The van der Waals surface area contributed by atoms with E-state index in [4.69, 9.17) is 28.3 Å². The highest BCUT2D eigenvalue weighted by Crippen LogP contribution is 2.15. The van der Waals surface area contributed by atoms with Gasteiger partial charge in [0.2, 0.25) is 10.0 Å². The van der Waals surface area contributed by atoms with Crippen molar-refractivity contribution in [3.63, 3.8) is 0 Å². The Bertz CT molecular complexity index is 398. The molecule has 0 aromatic carbocycles. The van der Waals surface area contributed by atoms with Crippen molar-refractivity contribution in [2.75, 3.05) is 0 Å². The summed E-state index contributed by atoms with van der Waals surface area (Å²) in [6.07, 6.45) is 0. The summed E-state index contributed by atoms with van der Waals surface area (Å²) in [6.45, 7) is 0. The number of hydrogen-bond acceptors (Lipinski definition) is 3. The summed E-state index contributed by atoms with van der Waals surface area (Å²) < 4.78 is 21.4. The molecule has 0 saturated heterocycles. The Labute approximate surface area is 85.7 Å². The van der Waals surface area contributed by atoms with Crippen LogP contribution in [0.25, 0.3) is 0 Å². The molecule has 0 aliphatic carbocycles. The van der Waals surface area contributed by atoms with Crippen molar-refractivity contribution in [1.82, 2.24) is 4.98 Å². The van der Waals surface area contributed by atoms with Crippen LogP contribution in [0.1, 0.15) is 5.56 Å². The molecule has 13 heavy (non-hydrogen) atoms. The Balaban J connectivity index is 3.03. The lowest BCUT2D eigenvalue weighted by atomic mass is 10.3. The first kappa shape index (κ1) is 10.7. The van der Waals surface area contributed by atoms with Crippen molar-refractivity contribution in [2.24, 2.45) is 5.14 Å². The van der Waals surface area contributed by atoms with Gasteiger partial charge in [-0.1, -0.05) is 23.2 Å². The maximum absolute atomic E-state index is 10.7. The number of rotatable bonds is 2. The SMILES string of the molecule is NS(=O)(=O)Cc1cc(Cl)nc(Cl)c1. The number of primary sulfonamides is 1. The van der Waals surface area contributed by atoms with Crippen molar-refractivity contribution in [3.8, 4) is 0 Å². The smallest absolute Gasteiger partial charge is 0.213 e. The first-order valence-electron chi connectivity index (χ1n) is 3.19. The van der Waals surface area contributed by atoms with Gasteiger partial charge in [-0.2, -0.15) is 0 Å². The topological polar surface area (TPSA) is 73.1 Å². The van der Waals surface area contributed by atoms with E-state index in [9.17, 15) is 8.42 Å². The van der Waals surface area contributed by atoms with E-state index in [1.54, 1.807) is 0 Å². The van der Waals surface area contributed by atoms with Crippen LogP contribution in [0, 0.1) is 0 Å². The van der Waals surface area contributed by atoms with Crippen molar-refractivity contribution < 1.29 is 8.42 Å². The minimum atomic E-state index is -3.56. The molecule has 1 rings (SSSR count). The van der Waals surface area contributed by atoms with Crippen molar-refractivity contribution >= 4 is 33.2 Å². The lowest BCUT2D eigenvalue weighted by Crippen LogP contribution is -2.14. The lowest BCUT2D eigenvalue weighted by molar-refractivity contribution is 0.597. The molecule has 1 aromatic rings. The van der Waals surface area contributed by atoms with Gasteiger partial charge >= 0.3 is 0 Å². The molecule has 2 N–H and O–H groups in total. The fourth-order valence-electron chi connectivity index (χ4n) is 0.830. The average molecular weight is 241 g/mol. The highest BCUT2D eigenvalue weighted by atomic mass is 35.5. The molecule has 0 aliphatic rings. The van der Waals surface area contributed by atoms with Crippen molar-refractivity contribution in [3.05, 3.63) is 28.0 Å². The molecule has 0 radical (unpaired) electrons. The first-order chi connectivity index (χ1) is 5.87. The van der Waals surface area contributed by atoms with Gasteiger partial charge in [0, 0.05) is 0 Å². The third-order valence-electron chi connectivity index (χ3n) is 1.19. The van der Waals surface area contributed by atoms with Crippen LogP contribution in [0.3, 0.4) is 0 Å². The molecule has 1 aromatic heterocycles. The number of pyridine rings is 1. The summed E-state index contributed by atoms with van der Waals surface area (Å²) in [5.74, 6) is -0.297. The molecular weight excluding hydrogens is 235 g/mol. The largest absolute Gasteiger partial charge is 0.228 e. The summed E-state index contributed by atoms with van der Waals surface area (Å²) in [7, 11) is -3.56. The molecule has 0 unspecified atom stereocenters. The summed E-state index contributed by atoms with van der Waals surface area (Å²) in [5.41, 5.74) is 0.424. The fraction of sp³-hybridized carbons (Fsp3) is 0.167. The molecule has 7 heteroatoms. The van der Waals surface area contributed by atoms with Gasteiger partial charge < -0.3 is 0 Å². The molecule has 0 spiro atoms. The Morgan fingerprint density at radius 3 is 2.15 bits per heavy atom. The minimum Gasteiger partial charge on any atom is -0.228 e. The maximum atomic E-state index is 10.7. The van der Waals surface area contributed by atoms with Crippen LogP contribution in [-0.4, -0.2) is 13.4 Å². The predicted octanol–water partition coefficient (Wildman–Crippen LogP) is 1.18. The Kier molecular flexibility index (Phi) is 3.13. The van der Waals surface area contributed by atoms with Gasteiger partial charge in [0.1, 0.15) is 10.3 Å². The number of sulfonamides is 1. The molecule has 0 bridgehead atoms. The quantitative estimate of drug-likeness (QED) is 0.790. The van der Waals surface area contributed by atoms with Gasteiger partial charge in [-0.05, 0) is 17.7 Å². The van der Waals surface area contributed by atoms with Gasteiger partial charge in [-0.3, -0.25) is 0 Å². The molecule has 0 aliphatic heterocycles. The van der Waals surface area contributed by atoms with Crippen molar-refractivity contribution in [1.29, 1.82) is 0 Å². The maximum Gasteiger partial charge on any atom is 0.213 e. The highest BCUT2D eigenvalue weighted by molar-refractivity contribution is 7.88. The summed E-state index contributed by atoms with van der Waals surface area (Å²) in [6, 6.07) is 2.80. The third kappa shape index (κ3) is 3.91. The number of halogens is 2. The summed E-state index contributed by atoms with van der Waals surface area (Å²) in [4.78, 5) is 3.66. The zero-order valence-corrected chi connectivity index (χ0v) is 8.70. The van der Waals surface area contributed by atoms with Gasteiger partial charge in [0.05, 0.1) is 5.75 Å². The van der Waals surface area contributed by atoms with Crippen molar-refractivity contribution in [2.45, 2.75) is 5.75 Å². The van der Waals surface area contributed by atoms with Crippen LogP contribution in [0.5, 0.6) is 0 Å². The Hall–Kier alpha value is -0.360. The van der Waals surface area contributed by atoms with E-state index in [1.165, 1.54) is 12.1 Å². The van der Waals surface area contributed by atoms with E-state index in [1.807, 2.05) is 0 Å². The van der Waals surface area contributed by atoms with Crippen LogP contribution >= 0.6 is 23.2 Å². The van der Waals surface area contributed by atoms with Crippen LogP contribution in [0.15, 0.2) is 12.1 Å². The van der Waals surface area contributed by atoms with Crippen LogP contribution in [0.2, 0.25) is 10.3 Å². The summed E-state index contributed by atoms with van der Waals surface area (Å²) in [5, 5.41) is 5.12. The lowest BCUT2D eigenvalue weighted by Gasteiger charge is -2.00. The van der Waals surface area contributed by atoms with Crippen LogP contribution in [-0.2, 0) is 15.8 Å². The number of nitrogens with zero attached hydrogens (tertiary/aromatic N) is 1. The average Bonchev–Trinajstić information content (AvgIpc) is 1.78. The molecule has 0 atom stereocenters. The molecule has 0 saturated carbocycles. The van der Waals surface area contributed by atoms with E-state index < -0.39 is 10.0 Å². The monoisotopic (exact) mass is 240 g/mol. The van der Waals surface area contributed by atoms with Gasteiger partial charge in [0.25, 0.3) is 0 Å². The number of hydrogen-bond donors (Lipinski definition) is 1. The fourth-order valence-corrected chi connectivity index (χ4v) is 1.97. The second kappa shape index (κ2) is 3.79. The zero-order valence-electron chi connectivity index (χ0n) is 6.37. The van der Waals surface area contributed by atoms with E-state index in [2.05, 4.69) is 4.98 Å². The molecule has 0 fully saturated rings. The first-order valence-corrected chi connectivity index (χ1v) is 5.66. The second-order valence-corrected chi connectivity index (χ2v) is 4.82. The summed E-state index contributed by atoms with van der Waals surface area (Å²) >= 11 is 11.1. The molecule has 0 amide bonds. The van der Waals surface area contributed by atoms with Gasteiger partial charge in [-0.15, -0.1) is 0 Å². The van der Waals surface area contributed by atoms with E-state index in [0.717, 1.165) is 0 Å². The van der Waals surface area contributed by atoms with Crippen LogP contribution in [0.4, 0.5) is 0 Å². The van der Waals surface area contributed by atoms with E-state index in [0.29, 0.717) is 5.56 Å². The molecule has 1 heterocycles. The number of aromatic nitrogens is 1. The van der Waals surface area contributed by atoms with Crippen LogP contribution < -0.4 is 5.14 Å². The predicted molar refractivity (Wildman–Crippen MR) is 51.1 cm³/mol. The molecule has 4 nitrogen and oxygen atoms in total. The second-order valence-electron chi connectivity index (χ2n) is 2.43. The molecule has 72 valence electrons. The normalized spacial score (nSPS) is 11.6. The van der Waals surface area contributed by atoms with E-state index in [-0.39, 0.29) is 16.1 Å².